The molecule has 0 radical (unpaired) electrons. The molecule has 15 heavy (non-hydrogen) atoms. The van der Waals surface area contributed by atoms with Crippen LogP contribution >= 0.6 is 0 Å². The van der Waals surface area contributed by atoms with Gasteiger partial charge in [-0.15, -0.1) is 0 Å². The molecule has 0 unspecified atom stereocenters. The fourth-order valence-electron chi connectivity index (χ4n) is 1.20. The van der Waals surface area contributed by atoms with E-state index >= 15 is 0 Å². The number of hydrogen-bond acceptors (Lipinski definition) is 4. The topological polar surface area (TPSA) is 92.4 Å². The molecule has 0 spiro atoms. The standard InChI is InChI=1S/C9H14N2O3S/c1-7-2-3-8(11-5-4-10)9(6-7)15(12,13)14/h2-3,6,11H,4-5,10H2,1H3,(H,12,13,14). The highest BCUT2D eigenvalue weighted by molar-refractivity contribution is 7.86. The quantitative estimate of drug-likeness (QED) is 0.659. The lowest BCUT2D eigenvalue weighted by Crippen LogP contribution is -2.15. The summed E-state index contributed by atoms with van der Waals surface area (Å²) in [6, 6.07) is 4.77. The van der Waals surface area contributed by atoms with Crippen LogP contribution in [0, 0.1) is 6.92 Å². The van der Waals surface area contributed by atoms with Gasteiger partial charge in [0.2, 0.25) is 0 Å². The van der Waals surface area contributed by atoms with Gasteiger partial charge in [-0.3, -0.25) is 4.55 Å². The Labute approximate surface area is 89.0 Å². The fraction of sp³-hybridized carbons (Fsp3) is 0.333. The molecular formula is C9H14N2O3S. The van der Waals surface area contributed by atoms with Gasteiger partial charge in [0.1, 0.15) is 4.90 Å². The number of aryl methyl sites for hydroxylation is 1. The Balaban J connectivity index is 3.15. The molecule has 6 heteroatoms. The van der Waals surface area contributed by atoms with Crippen LogP contribution in [0.2, 0.25) is 0 Å². The zero-order valence-electron chi connectivity index (χ0n) is 8.40. The van der Waals surface area contributed by atoms with Crippen molar-refractivity contribution >= 4 is 15.8 Å². The first kappa shape index (κ1) is 12.0. The molecule has 0 aromatic heterocycles. The average molecular weight is 230 g/mol. The Morgan fingerprint density at radius 1 is 1.47 bits per heavy atom. The highest BCUT2D eigenvalue weighted by atomic mass is 32.2. The van der Waals surface area contributed by atoms with Crippen molar-refractivity contribution in [2.24, 2.45) is 5.73 Å². The van der Waals surface area contributed by atoms with Gasteiger partial charge in [0.15, 0.2) is 0 Å². The van der Waals surface area contributed by atoms with Gasteiger partial charge in [-0.1, -0.05) is 6.07 Å². The Morgan fingerprint density at radius 2 is 2.13 bits per heavy atom. The Kier molecular flexibility index (Phi) is 3.67. The normalized spacial score (nSPS) is 11.4. The van der Waals surface area contributed by atoms with E-state index in [0.717, 1.165) is 5.56 Å². The molecule has 5 nitrogen and oxygen atoms in total. The number of anilines is 1. The van der Waals surface area contributed by atoms with Crippen molar-refractivity contribution in [3.63, 3.8) is 0 Å². The van der Waals surface area contributed by atoms with Crippen LogP contribution in [0.5, 0.6) is 0 Å². The number of nitrogens with two attached hydrogens (primary N) is 1. The number of benzene rings is 1. The average Bonchev–Trinajstić information content (AvgIpc) is 2.14. The SMILES string of the molecule is Cc1ccc(NCCN)c(S(=O)(=O)O)c1. The molecule has 0 aliphatic carbocycles. The third-order valence-corrected chi connectivity index (χ3v) is 2.77. The van der Waals surface area contributed by atoms with Crippen molar-refractivity contribution in [1.82, 2.24) is 0 Å². The second-order valence-electron chi connectivity index (χ2n) is 3.19. The molecule has 1 rings (SSSR count). The van der Waals surface area contributed by atoms with Gasteiger partial charge >= 0.3 is 0 Å². The van der Waals surface area contributed by atoms with E-state index in [-0.39, 0.29) is 4.90 Å². The van der Waals surface area contributed by atoms with Crippen LogP contribution in [-0.4, -0.2) is 26.1 Å². The molecule has 84 valence electrons. The molecule has 0 atom stereocenters. The van der Waals surface area contributed by atoms with Crippen LogP contribution in [0.3, 0.4) is 0 Å². The lowest BCUT2D eigenvalue weighted by Gasteiger charge is -2.09. The Morgan fingerprint density at radius 3 is 2.67 bits per heavy atom. The molecule has 4 N–H and O–H groups in total. The van der Waals surface area contributed by atoms with Gasteiger partial charge in [0.25, 0.3) is 10.1 Å². The van der Waals surface area contributed by atoms with E-state index in [0.29, 0.717) is 18.8 Å². The molecule has 1 aromatic rings. The molecular weight excluding hydrogens is 216 g/mol. The monoisotopic (exact) mass is 230 g/mol. The molecule has 0 saturated carbocycles. The summed E-state index contributed by atoms with van der Waals surface area (Å²) in [4.78, 5) is -0.115. The van der Waals surface area contributed by atoms with E-state index in [2.05, 4.69) is 5.32 Å². The summed E-state index contributed by atoms with van der Waals surface area (Å²) in [6.07, 6.45) is 0. The van der Waals surface area contributed by atoms with Crippen LogP contribution < -0.4 is 11.1 Å². The van der Waals surface area contributed by atoms with Gasteiger partial charge in [0.05, 0.1) is 5.69 Å². The molecule has 0 heterocycles. The van der Waals surface area contributed by atoms with Gasteiger partial charge < -0.3 is 11.1 Å². The van der Waals surface area contributed by atoms with Gasteiger partial charge in [-0.05, 0) is 24.6 Å². The summed E-state index contributed by atoms with van der Waals surface area (Å²) in [7, 11) is -4.19. The first-order chi connectivity index (χ1) is 6.95. The van der Waals surface area contributed by atoms with Gasteiger partial charge in [-0.25, -0.2) is 0 Å². The van der Waals surface area contributed by atoms with Crippen LogP contribution in [-0.2, 0) is 10.1 Å². The molecule has 0 aliphatic heterocycles. The van der Waals surface area contributed by atoms with Gasteiger partial charge in [0, 0.05) is 13.1 Å². The second kappa shape index (κ2) is 4.61. The lowest BCUT2D eigenvalue weighted by atomic mass is 10.2. The molecule has 0 aliphatic rings. The second-order valence-corrected chi connectivity index (χ2v) is 4.58. The summed E-state index contributed by atoms with van der Waals surface area (Å²) < 4.78 is 31.1. The third kappa shape index (κ3) is 3.19. The highest BCUT2D eigenvalue weighted by Crippen LogP contribution is 2.21. The molecule has 1 aromatic carbocycles. The zero-order valence-corrected chi connectivity index (χ0v) is 9.21. The number of rotatable bonds is 4. The highest BCUT2D eigenvalue weighted by Gasteiger charge is 2.14. The van der Waals surface area contributed by atoms with E-state index in [4.69, 9.17) is 10.3 Å². The summed E-state index contributed by atoms with van der Waals surface area (Å²) in [6.45, 7) is 2.59. The minimum absolute atomic E-state index is 0.115. The lowest BCUT2D eigenvalue weighted by molar-refractivity contribution is 0.483. The first-order valence-corrected chi connectivity index (χ1v) is 5.91. The van der Waals surface area contributed by atoms with Crippen molar-refractivity contribution in [3.8, 4) is 0 Å². The van der Waals surface area contributed by atoms with Crippen molar-refractivity contribution < 1.29 is 13.0 Å². The minimum atomic E-state index is -4.19. The predicted molar refractivity (Wildman–Crippen MR) is 58.5 cm³/mol. The maximum absolute atomic E-state index is 11.1. The summed E-state index contributed by atoms with van der Waals surface area (Å²) in [5.74, 6) is 0. The van der Waals surface area contributed by atoms with Crippen LogP contribution in [0.25, 0.3) is 0 Å². The number of nitrogens with one attached hydrogen (secondary N) is 1. The van der Waals surface area contributed by atoms with Crippen molar-refractivity contribution in [2.45, 2.75) is 11.8 Å². The summed E-state index contributed by atoms with van der Waals surface area (Å²) >= 11 is 0. The molecule has 0 fully saturated rings. The fourth-order valence-corrected chi connectivity index (χ4v) is 1.95. The smallest absolute Gasteiger partial charge is 0.296 e. The Bertz CT molecular complexity index is 443. The maximum Gasteiger partial charge on any atom is 0.296 e. The number of hydrogen-bond donors (Lipinski definition) is 3. The van der Waals surface area contributed by atoms with Crippen LogP contribution in [0.1, 0.15) is 5.56 Å². The Hall–Kier alpha value is -1.11. The van der Waals surface area contributed by atoms with Crippen molar-refractivity contribution in [3.05, 3.63) is 23.8 Å². The van der Waals surface area contributed by atoms with Crippen LogP contribution in [0.4, 0.5) is 5.69 Å². The van der Waals surface area contributed by atoms with E-state index in [1.54, 1.807) is 19.1 Å². The van der Waals surface area contributed by atoms with E-state index in [1.807, 2.05) is 0 Å². The first-order valence-electron chi connectivity index (χ1n) is 4.47. The predicted octanol–water partition coefficient (Wildman–Crippen LogP) is 0.612. The van der Waals surface area contributed by atoms with E-state index in [9.17, 15) is 8.42 Å². The molecule has 0 amide bonds. The van der Waals surface area contributed by atoms with E-state index < -0.39 is 10.1 Å². The van der Waals surface area contributed by atoms with Crippen LogP contribution in [0.15, 0.2) is 23.1 Å². The zero-order chi connectivity index (χ0) is 11.5. The molecule has 0 bridgehead atoms. The minimum Gasteiger partial charge on any atom is -0.383 e. The van der Waals surface area contributed by atoms with Crippen molar-refractivity contribution in [2.75, 3.05) is 18.4 Å². The maximum atomic E-state index is 11.1. The third-order valence-electron chi connectivity index (χ3n) is 1.87. The molecule has 0 saturated heterocycles. The van der Waals surface area contributed by atoms with E-state index in [1.165, 1.54) is 6.07 Å². The largest absolute Gasteiger partial charge is 0.383 e. The summed E-state index contributed by atoms with van der Waals surface area (Å²) in [5, 5.41) is 2.83. The van der Waals surface area contributed by atoms with Gasteiger partial charge in [-0.2, -0.15) is 8.42 Å². The van der Waals surface area contributed by atoms with Crippen molar-refractivity contribution in [1.29, 1.82) is 0 Å². The summed E-state index contributed by atoms with van der Waals surface area (Å²) in [5.41, 5.74) is 6.42.